The van der Waals surface area contributed by atoms with Crippen LogP contribution < -0.4 is 9.04 Å². The molecular formula is C14H12FNO3S. The van der Waals surface area contributed by atoms with E-state index in [9.17, 15) is 12.8 Å². The summed E-state index contributed by atoms with van der Waals surface area (Å²) >= 11 is 0. The van der Waals surface area contributed by atoms with Gasteiger partial charge in [0.15, 0.2) is 0 Å². The molecule has 0 aromatic heterocycles. The number of anilines is 1. The molecule has 0 atom stereocenters. The maximum atomic E-state index is 12.9. The molecule has 1 heterocycles. The van der Waals surface area contributed by atoms with E-state index in [-0.39, 0.29) is 18.0 Å². The van der Waals surface area contributed by atoms with E-state index in [0.717, 1.165) is 12.1 Å². The maximum absolute atomic E-state index is 12.9. The van der Waals surface area contributed by atoms with Gasteiger partial charge in [0.05, 0.1) is 17.1 Å². The summed E-state index contributed by atoms with van der Waals surface area (Å²) < 4.78 is 44.9. The molecule has 0 saturated heterocycles. The fraction of sp³-hybridized carbons (Fsp3) is 0.143. The van der Waals surface area contributed by atoms with Gasteiger partial charge >= 0.3 is 0 Å². The second kappa shape index (κ2) is 4.79. The van der Waals surface area contributed by atoms with Crippen molar-refractivity contribution in [3.63, 3.8) is 0 Å². The monoisotopic (exact) mass is 293 g/mol. The number of para-hydroxylation sites is 2. The van der Waals surface area contributed by atoms with E-state index in [0.29, 0.717) is 11.4 Å². The second-order valence-corrected chi connectivity index (χ2v) is 6.21. The number of hydrogen-bond donors (Lipinski definition) is 0. The lowest BCUT2D eigenvalue weighted by atomic mass is 10.2. The molecule has 0 unspecified atom stereocenters. The van der Waals surface area contributed by atoms with E-state index in [1.54, 1.807) is 24.3 Å². The van der Waals surface area contributed by atoms with Gasteiger partial charge in [0.25, 0.3) is 10.0 Å². The number of rotatable bonds is 2. The summed E-state index contributed by atoms with van der Waals surface area (Å²) in [6.45, 7) is 0.522. The first-order valence-electron chi connectivity index (χ1n) is 6.09. The van der Waals surface area contributed by atoms with Gasteiger partial charge < -0.3 is 4.74 Å². The van der Waals surface area contributed by atoms with Crippen molar-refractivity contribution >= 4 is 15.7 Å². The molecule has 0 N–H and O–H groups in total. The van der Waals surface area contributed by atoms with Gasteiger partial charge in [-0.3, -0.25) is 4.31 Å². The summed E-state index contributed by atoms with van der Waals surface area (Å²) in [5.74, 6) is 0.0655. The molecule has 1 aliphatic rings. The number of ether oxygens (including phenoxy) is 1. The van der Waals surface area contributed by atoms with Gasteiger partial charge in [-0.1, -0.05) is 12.1 Å². The summed E-state index contributed by atoms with van der Waals surface area (Å²) in [7, 11) is -3.71. The molecule has 0 fully saturated rings. The highest BCUT2D eigenvalue weighted by Crippen LogP contribution is 2.34. The molecule has 104 valence electrons. The Morgan fingerprint density at radius 2 is 1.75 bits per heavy atom. The normalized spacial score (nSPS) is 14.6. The van der Waals surface area contributed by atoms with Gasteiger partial charge in [-0.2, -0.15) is 0 Å². The number of benzene rings is 2. The molecule has 2 aromatic carbocycles. The van der Waals surface area contributed by atoms with Crippen LogP contribution in [0.1, 0.15) is 0 Å². The molecule has 3 rings (SSSR count). The summed E-state index contributed by atoms with van der Waals surface area (Å²) in [5.41, 5.74) is 0.503. The Morgan fingerprint density at radius 1 is 1.05 bits per heavy atom. The number of halogens is 1. The predicted octanol–water partition coefficient (Wildman–Crippen LogP) is 2.41. The van der Waals surface area contributed by atoms with Crippen LogP contribution in [-0.2, 0) is 10.0 Å². The van der Waals surface area contributed by atoms with Crippen molar-refractivity contribution in [1.82, 2.24) is 0 Å². The van der Waals surface area contributed by atoms with Gasteiger partial charge in [-0.05, 0) is 36.4 Å². The van der Waals surface area contributed by atoms with Crippen molar-refractivity contribution in [1.29, 1.82) is 0 Å². The minimum absolute atomic E-state index is 0.0654. The second-order valence-electron chi connectivity index (χ2n) is 4.35. The molecule has 0 aliphatic carbocycles. The Bertz CT molecular complexity index is 728. The Kier molecular flexibility index (Phi) is 3.10. The largest absolute Gasteiger partial charge is 0.489 e. The van der Waals surface area contributed by atoms with Crippen LogP contribution in [0.4, 0.5) is 10.1 Å². The van der Waals surface area contributed by atoms with E-state index >= 15 is 0 Å². The zero-order valence-corrected chi connectivity index (χ0v) is 11.3. The standard InChI is InChI=1S/C14H12FNO3S/c15-11-5-7-12(8-6-11)20(17,18)16-9-10-19-14-4-2-1-3-13(14)16/h1-8H,9-10H2. The summed E-state index contributed by atoms with van der Waals surface area (Å²) in [5, 5.41) is 0. The third-order valence-electron chi connectivity index (χ3n) is 3.09. The smallest absolute Gasteiger partial charge is 0.264 e. The number of nitrogens with zero attached hydrogens (tertiary/aromatic N) is 1. The highest BCUT2D eigenvalue weighted by Gasteiger charge is 2.29. The first-order valence-corrected chi connectivity index (χ1v) is 7.53. The van der Waals surface area contributed by atoms with Crippen molar-refractivity contribution in [2.24, 2.45) is 0 Å². The van der Waals surface area contributed by atoms with Crippen LogP contribution in [0.3, 0.4) is 0 Å². The Morgan fingerprint density at radius 3 is 2.50 bits per heavy atom. The molecule has 0 bridgehead atoms. The van der Waals surface area contributed by atoms with E-state index in [1.807, 2.05) is 0 Å². The third kappa shape index (κ3) is 2.12. The summed E-state index contributed by atoms with van der Waals surface area (Å²) in [4.78, 5) is 0.0654. The molecular weight excluding hydrogens is 281 g/mol. The van der Waals surface area contributed by atoms with E-state index in [4.69, 9.17) is 4.74 Å². The van der Waals surface area contributed by atoms with Crippen molar-refractivity contribution in [3.05, 3.63) is 54.3 Å². The maximum Gasteiger partial charge on any atom is 0.264 e. The zero-order chi connectivity index (χ0) is 14.2. The molecule has 0 saturated carbocycles. The fourth-order valence-corrected chi connectivity index (χ4v) is 3.59. The van der Waals surface area contributed by atoms with Crippen LogP contribution >= 0.6 is 0 Å². The van der Waals surface area contributed by atoms with Gasteiger partial charge in [0, 0.05) is 0 Å². The average molecular weight is 293 g/mol. The molecule has 0 amide bonds. The minimum Gasteiger partial charge on any atom is -0.489 e. The van der Waals surface area contributed by atoms with Crippen molar-refractivity contribution < 1.29 is 17.5 Å². The lowest BCUT2D eigenvalue weighted by Crippen LogP contribution is -2.37. The topological polar surface area (TPSA) is 46.6 Å². The first kappa shape index (κ1) is 12.9. The van der Waals surface area contributed by atoms with Crippen LogP contribution in [0.5, 0.6) is 5.75 Å². The molecule has 20 heavy (non-hydrogen) atoms. The lowest BCUT2D eigenvalue weighted by molar-refractivity contribution is 0.316. The number of fused-ring (bicyclic) bond motifs is 1. The van der Waals surface area contributed by atoms with Crippen molar-refractivity contribution in [3.8, 4) is 5.75 Å². The quantitative estimate of drug-likeness (QED) is 0.854. The van der Waals surface area contributed by atoms with Crippen LogP contribution in [0.15, 0.2) is 53.4 Å². The van der Waals surface area contributed by atoms with Gasteiger partial charge in [-0.25, -0.2) is 12.8 Å². The Labute approximate surface area is 116 Å². The molecule has 0 radical (unpaired) electrons. The van der Waals surface area contributed by atoms with Gasteiger partial charge in [0.1, 0.15) is 18.2 Å². The van der Waals surface area contributed by atoms with Crippen LogP contribution in [0.25, 0.3) is 0 Å². The number of sulfonamides is 1. The molecule has 2 aromatic rings. The SMILES string of the molecule is O=S(=O)(c1ccc(F)cc1)N1CCOc2ccccc21. The summed E-state index contributed by atoms with van der Waals surface area (Å²) in [6, 6.07) is 11.8. The Hall–Kier alpha value is -2.08. The fourth-order valence-electron chi connectivity index (χ4n) is 2.13. The van der Waals surface area contributed by atoms with Gasteiger partial charge in [0.2, 0.25) is 0 Å². The lowest BCUT2D eigenvalue weighted by Gasteiger charge is -2.30. The van der Waals surface area contributed by atoms with E-state index < -0.39 is 15.8 Å². The molecule has 0 spiro atoms. The average Bonchev–Trinajstić information content (AvgIpc) is 2.47. The minimum atomic E-state index is -3.71. The molecule has 4 nitrogen and oxygen atoms in total. The van der Waals surface area contributed by atoms with Gasteiger partial charge in [-0.15, -0.1) is 0 Å². The molecule has 1 aliphatic heterocycles. The molecule has 6 heteroatoms. The van der Waals surface area contributed by atoms with Crippen molar-refractivity contribution in [2.45, 2.75) is 4.90 Å². The predicted molar refractivity (Wildman–Crippen MR) is 72.9 cm³/mol. The third-order valence-corrected chi connectivity index (χ3v) is 4.91. The Balaban J connectivity index is 2.07. The van der Waals surface area contributed by atoms with E-state index in [1.165, 1.54) is 16.4 Å². The van der Waals surface area contributed by atoms with Crippen LogP contribution in [0, 0.1) is 5.82 Å². The first-order chi connectivity index (χ1) is 9.59. The zero-order valence-electron chi connectivity index (χ0n) is 10.5. The van der Waals surface area contributed by atoms with Crippen molar-refractivity contribution in [2.75, 3.05) is 17.5 Å². The highest BCUT2D eigenvalue weighted by molar-refractivity contribution is 7.92. The van der Waals surface area contributed by atoms with Crippen LogP contribution in [-0.4, -0.2) is 21.6 Å². The summed E-state index contributed by atoms with van der Waals surface area (Å²) in [6.07, 6.45) is 0. The highest BCUT2D eigenvalue weighted by atomic mass is 32.2. The number of hydrogen-bond acceptors (Lipinski definition) is 3. The van der Waals surface area contributed by atoms with E-state index in [2.05, 4.69) is 0 Å². The van der Waals surface area contributed by atoms with Crippen LogP contribution in [0.2, 0.25) is 0 Å².